The largest absolute Gasteiger partial charge is 0.475 e. The average Bonchev–Trinajstić information content (AvgIpc) is 3.73. The molecular formula is C40H39ClF3N11O6. The Bertz CT molecular complexity index is 2550. The molecule has 3 aromatic heterocycles. The van der Waals surface area contributed by atoms with Gasteiger partial charge in [-0.1, -0.05) is 17.7 Å². The molecule has 1 aromatic carbocycles. The van der Waals surface area contributed by atoms with Crippen LogP contribution in [0.25, 0.3) is 5.65 Å². The highest BCUT2D eigenvalue weighted by Crippen LogP contribution is 2.52. The van der Waals surface area contributed by atoms with Gasteiger partial charge in [-0.25, -0.2) is 33.7 Å². The Morgan fingerprint density at radius 3 is 2.54 bits per heavy atom. The molecule has 3 fully saturated rings. The summed E-state index contributed by atoms with van der Waals surface area (Å²) in [5, 5.41) is 15.9. The molecule has 4 N–H and O–H groups in total. The Balaban J connectivity index is 0.873. The normalized spacial score (nSPS) is 19.0. The second-order valence-corrected chi connectivity index (χ2v) is 15.8. The number of amides is 2. The molecule has 4 aromatic rings. The molecular weight excluding hydrogens is 823 g/mol. The number of hydrogen-bond acceptors (Lipinski definition) is 14. The molecule has 1 aliphatic carbocycles. The van der Waals surface area contributed by atoms with Gasteiger partial charge in [-0.3, -0.25) is 4.90 Å². The first-order chi connectivity index (χ1) is 29.2. The summed E-state index contributed by atoms with van der Waals surface area (Å²) in [7, 11) is 3.23. The van der Waals surface area contributed by atoms with Gasteiger partial charge < -0.3 is 40.5 Å². The maximum atomic E-state index is 13.7. The first kappa shape index (κ1) is 41.3. The molecule has 2 unspecified atom stereocenters. The van der Waals surface area contributed by atoms with Crippen molar-refractivity contribution in [2.45, 2.75) is 57.0 Å². The summed E-state index contributed by atoms with van der Waals surface area (Å²) in [6, 6.07) is 6.69. The van der Waals surface area contributed by atoms with Gasteiger partial charge in [0.05, 0.1) is 52.3 Å². The number of allylic oxidation sites excluding steroid dienone is 1. The number of rotatable bonds is 11. The van der Waals surface area contributed by atoms with Crippen molar-refractivity contribution in [2.24, 2.45) is 5.41 Å². The number of carbonyl (C=O) groups excluding carboxylic acids is 4. The third-order valence-corrected chi connectivity index (χ3v) is 11.7. The quantitative estimate of drug-likeness (QED) is 0.144. The Kier molecular flexibility index (Phi) is 11.0. The summed E-state index contributed by atoms with van der Waals surface area (Å²) in [6.45, 7) is 3.86. The molecule has 0 bridgehead atoms. The van der Waals surface area contributed by atoms with Crippen LogP contribution < -0.4 is 35.8 Å². The van der Waals surface area contributed by atoms with E-state index in [1.165, 1.54) is 23.9 Å². The number of benzene rings is 1. The summed E-state index contributed by atoms with van der Waals surface area (Å²) in [5.74, 6) is 5.78. The van der Waals surface area contributed by atoms with Gasteiger partial charge in [0.1, 0.15) is 35.6 Å². The molecule has 0 radical (unpaired) electrons. The number of carbonyl (C=O) groups is 1. The van der Waals surface area contributed by atoms with Crippen molar-refractivity contribution in [2.75, 3.05) is 66.1 Å². The number of alkyl halides is 3. The van der Waals surface area contributed by atoms with Gasteiger partial charge in [-0.2, -0.15) is 18.3 Å². The van der Waals surface area contributed by atoms with E-state index < -0.39 is 29.9 Å². The first-order valence-corrected chi connectivity index (χ1v) is 19.6. The molecule has 2 atom stereocenters. The number of aromatic nitrogens is 4. The number of nitrogens with zero attached hydrogens (tertiary/aromatic N) is 7. The minimum Gasteiger partial charge on any atom is -0.475 e. The van der Waals surface area contributed by atoms with Crippen LogP contribution in [-0.2, 0) is 25.3 Å². The lowest BCUT2D eigenvalue weighted by molar-refractivity contribution is -0.137. The molecule has 8 rings (SSSR count). The lowest BCUT2D eigenvalue weighted by Gasteiger charge is -2.59. The predicted molar refractivity (Wildman–Crippen MR) is 217 cm³/mol. The van der Waals surface area contributed by atoms with Crippen molar-refractivity contribution in [1.29, 1.82) is 0 Å². The highest BCUT2D eigenvalue weighted by Gasteiger charge is 2.52. The van der Waals surface area contributed by atoms with Gasteiger partial charge >= 0.3 is 12.2 Å². The molecule has 2 saturated heterocycles. The van der Waals surface area contributed by atoms with Crippen LogP contribution in [0.1, 0.15) is 50.0 Å². The topological polar surface area (TPSA) is 188 Å². The van der Waals surface area contributed by atoms with Crippen LogP contribution in [0.4, 0.5) is 46.4 Å². The summed E-state index contributed by atoms with van der Waals surface area (Å²) in [4.78, 5) is 62.4. The van der Waals surface area contributed by atoms with E-state index in [-0.39, 0.29) is 57.7 Å². The molecule has 21 heteroatoms. The number of methoxy groups -OCH3 is 1. The first-order valence-electron chi connectivity index (χ1n) is 19.3. The van der Waals surface area contributed by atoms with Crippen LogP contribution in [-0.4, -0.2) is 101 Å². The lowest BCUT2D eigenvalue weighted by atomic mass is 9.60. The smallest absolute Gasteiger partial charge is 0.417 e. The molecule has 1 saturated carbocycles. The lowest BCUT2D eigenvalue weighted by Crippen LogP contribution is -2.65. The number of nitrogens with one attached hydrogen (secondary N) is 4. The second kappa shape index (κ2) is 16.2. The van der Waals surface area contributed by atoms with Crippen LogP contribution >= 0.6 is 11.6 Å². The maximum absolute atomic E-state index is 13.7. The van der Waals surface area contributed by atoms with Gasteiger partial charge in [-0.05, 0) is 49.8 Å². The van der Waals surface area contributed by atoms with Crippen molar-refractivity contribution in [1.82, 2.24) is 29.8 Å². The predicted octanol–water partition coefficient (Wildman–Crippen LogP) is 5.22. The Labute approximate surface area is 351 Å². The summed E-state index contributed by atoms with van der Waals surface area (Å²) >= 11 is 6.07. The number of para-hydroxylation sites is 1. The second-order valence-electron chi connectivity index (χ2n) is 15.4. The zero-order valence-electron chi connectivity index (χ0n) is 33.0. The fraction of sp³-hybridized carbons (Fsp3) is 0.400. The van der Waals surface area contributed by atoms with Gasteiger partial charge in [0, 0.05) is 58.5 Å². The number of piperidine rings is 1. The van der Waals surface area contributed by atoms with Gasteiger partial charge in [0.2, 0.25) is 11.7 Å². The van der Waals surface area contributed by atoms with Crippen molar-refractivity contribution < 1.29 is 41.8 Å². The number of likely N-dealkylation sites (tertiary alicyclic amines) is 1. The molecule has 4 aliphatic rings. The van der Waals surface area contributed by atoms with Gasteiger partial charge in [0.25, 0.3) is 0 Å². The van der Waals surface area contributed by atoms with E-state index in [1.54, 1.807) is 29.7 Å². The monoisotopic (exact) mass is 861 g/mol. The molecule has 1 spiro atoms. The summed E-state index contributed by atoms with van der Waals surface area (Å²) in [5.41, 5.74) is 2.42. The molecule has 2 amide bonds. The van der Waals surface area contributed by atoms with E-state index in [0.29, 0.717) is 36.9 Å². The average molecular weight is 862 g/mol. The zero-order valence-corrected chi connectivity index (χ0v) is 33.8. The van der Waals surface area contributed by atoms with Gasteiger partial charge in [-0.15, -0.1) is 0 Å². The zero-order chi connectivity index (χ0) is 43.2. The van der Waals surface area contributed by atoms with E-state index in [0.717, 1.165) is 49.1 Å². The highest BCUT2D eigenvalue weighted by atomic mass is 35.5. The molecule has 318 valence electrons. The van der Waals surface area contributed by atoms with Crippen molar-refractivity contribution in [3.63, 3.8) is 0 Å². The minimum absolute atomic E-state index is 0.0819. The third-order valence-electron chi connectivity index (χ3n) is 11.5. The molecule has 17 nitrogen and oxygen atoms in total. The Hall–Kier alpha value is -6.39. The number of fused-ring (bicyclic) bond motifs is 2. The molecule has 61 heavy (non-hydrogen) atoms. The molecule has 3 aliphatic heterocycles. The Morgan fingerprint density at radius 1 is 1.07 bits per heavy atom. The van der Waals surface area contributed by atoms with Crippen molar-refractivity contribution >= 4 is 69.5 Å². The maximum Gasteiger partial charge on any atom is 0.417 e. The third kappa shape index (κ3) is 7.88. The van der Waals surface area contributed by atoms with Crippen LogP contribution in [0.5, 0.6) is 5.88 Å². The van der Waals surface area contributed by atoms with Crippen LogP contribution in [0.3, 0.4) is 0 Å². The minimum atomic E-state index is -4.73. The number of urea groups is 1. The fourth-order valence-electron chi connectivity index (χ4n) is 8.68. The van der Waals surface area contributed by atoms with Gasteiger partial charge in [0.15, 0.2) is 16.7 Å². The van der Waals surface area contributed by atoms with Crippen molar-refractivity contribution in [3.8, 4) is 5.88 Å². The fourth-order valence-corrected chi connectivity index (χ4v) is 8.85. The SMILES string of the molecule is COC(C)c1c(NC(=O)Nc2cc(C(F)(F)F)cnc2OCCN2CC3(CC(Nc4cccc5c4N(C)C(=C=O)N5C4CCC(=C=O)NC4=C=O)C3)C2)cnc2cc(Cl)nn12. The van der Waals surface area contributed by atoms with Crippen molar-refractivity contribution in [3.05, 3.63) is 76.4 Å². The summed E-state index contributed by atoms with van der Waals surface area (Å²) in [6.07, 6.45) is -0.772. The van der Waals surface area contributed by atoms with E-state index in [1.807, 2.05) is 30.1 Å². The standard InChI is InChI=1S/C40H39ClF3N11O6/c1-22(60-3)35-28(16-45-33-12-32(41)51-55(33)35)50-38(59)49-27-11-23(40(42,43)44)15-46-37(27)61-10-9-53-20-39(21-53)13-25(14-39)48-26-5-4-6-31-36(26)52(2)34(19-58)54(31)30-8-7-24(17-56)47-29(30)18-57/h4-6,11-12,15-16,22,25,30,47-48H,7-10,13-14,20-21H2,1-3H3,(H2,49,50,59). The number of anilines is 5. The number of hydrogen-bond donors (Lipinski definition) is 4. The van der Waals surface area contributed by atoms with E-state index in [4.69, 9.17) is 21.1 Å². The molecule has 6 heterocycles. The van der Waals surface area contributed by atoms with E-state index >= 15 is 0 Å². The number of pyridine rings is 1. The highest BCUT2D eigenvalue weighted by molar-refractivity contribution is 6.29. The van der Waals surface area contributed by atoms with Crippen LogP contribution in [0.15, 0.2) is 59.9 Å². The van der Waals surface area contributed by atoms with E-state index in [9.17, 15) is 32.3 Å². The number of ether oxygens (including phenoxy) is 2. The van der Waals surface area contributed by atoms with Crippen LogP contribution in [0.2, 0.25) is 5.15 Å². The van der Waals surface area contributed by atoms with E-state index in [2.05, 4.69) is 41.2 Å². The summed E-state index contributed by atoms with van der Waals surface area (Å²) < 4.78 is 53.9. The number of halogens is 4. The van der Waals surface area contributed by atoms with Crippen LogP contribution in [0, 0.1) is 5.41 Å². The Morgan fingerprint density at radius 2 is 1.84 bits per heavy atom.